The number of hydrogen-bond donors (Lipinski definition) is 4. The minimum absolute atomic E-state index is 0.0687. The lowest BCUT2D eigenvalue weighted by Crippen LogP contribution is -2.58. The Morgan fingerprint density at radius 2 is 1.17 bits per heavy atom. The minimum atomic E-state index is -1.23. The van der Waals surface area contributed by atoms with Gasteiger partial charge in [-0.15, -0.1) is 0 Å². The third-order valence-electron chi connectivity index (χ3n) is 9.27. The molecule has 0 spiro atoms. The van der Waals surface area contributed by atoms with E-state index >= 15 is 0 Å². The van der Waals surface area contributed by atoms with Crippen molar-refractivity contribution < 1.29 is 24.3 Å². The summed E-state index contributed by atoms with van der Waals surface area (Å²) in [5.41, 5.74) is 3.56. The van der Waals surface area contributed by atoms with Gasteiger partial charge in [-0.25, -0.2) is 9.59 Å². The van der Waals surface area contributed by atoms with Crippen LogP contribution in [-0.4, -0.2) is 74.2 Å². The van der Waals surface area contributed by atoms with Crippen LogP contribution in [0.2, 0.25) is 0 Å². The molecule has 0 saturated carbocycles. The van der Waals surface area contributed by atoms with E-state index in [2.05, 4.69) is 16.0 Å². The molecule has 4 amide bonds. The van der Waals surface area contributed by atoms with E-state index in [9.17, 15) is 24.3 Å². The summed E-state index contributed by atoms with van der Waals surface area (Å²) >= 11 is 0. The van der Waals surface area contributed by atoms with Crippen molar-refractivity contribution in [2.75, 3.05) is 13.1 Å². The number of hydrogen-bond acceptors (Lipinski definition) is 4. The first-order valence-electron chi connectivity index (χ1n) is 17.0. The molecular formula is C37H48N6O5. The molecule has 1 fully saturated rings. The second kappa shape index (κ2) is 15.4. The van der Waals surface area contributed by atoms with Gasteiger partial charge in [0.15, 0.2) is 0 Å². The fraction of sp³-hybridized carbons (Fsp3) is 0.459. The Morgan fingerprint density at radius 3 is 1.69 bits per heavy atom. The second-order valence-electron chi connectivity index (χ2n) is 13.5. The number of carbonyl (C=O) groups excluding carboxylic acids is 3. The summed E-state index contributed by atoms with van der Waals surface area (Å²) in [5, 5.41) is 20.7. The molecule has 2 aromatic heterocycles. The maximum atomic E-state index is 14.1. The Morgan fingerprint density at radius 1 is 0.688 bits per heavy atom. The van der Waals surface area contributed by atoms with E-state index in [0.717, 1.165) is 58.6 Å². The number of aliphatic carboxylic acids is 1. The van der Waals surface area contributed by atoms with Gasteiger partial charge in [0, 0.05) is 74.2 Å². The lowest BCUT2D eigenvalue weighted by atomic mass is 10.00. The average Bonchev–Trinajstić information content (AvgIpc) is 3.38. The van der Waals surface area contributed by atoms with Crippen LogP contribution < -0.4 is 16.0 Å². The summed E-state index contributed by atoms with van der Waals surface area (Å²) in [5.74, 6) is -2.17. The van der Waals surface area contributed by atoms with Crippen molar-refractivity contribution in [1.29, 1.82) is 0 Å². The molecule has 4 aromatic rings. The molecule has 0 unspecified atom stereocenters. The summed E-state index contributed by atoms with van der Waals surface area (Å²) in [6, 6.07) is 12.0. The van der Waals surface area contributed by atoms with Gasteiger partial charge in [-0.1, -0.05) is 63.1 Å². The largest absolute Gasteiger partial charge is 0.480 e. The standard InChI is InChI=1S/C37H48N6O5/c1-24(2)19-29(40-37(48)43-17-11-5-6-12-18-43)34(44)38-30(20-25-22-41(3)32-15-9-7-13-27(25)32)35(45)39-31(36(46)47)21-26-23-42(4)33-16-10-8-14-28(26)33/h7-10,13-16,22-24,29-31H,5-6,11-12,17-21H2,1-4H3,(H,38,44)(H,39,45)(H,40,48)(H,46,47)/t29-,30+,31+/m0/s1. The van der Waals surface area contributed by atoms with Crippen molar-refractivity contribution in [2.24, 2.45) is 20.0 Å². The molecule has 3 heterocycles. The maximum absolute atomic E-state index is 14.1. The van der Waals surface area contributed by atoms with E-state index in [4.69, 9.17) is 0 Å². The molecule has 48 heavy (non-hydrogen) atoms. The molecule has 0 bridgehead atoms. The van der Waals surface area contributed by atoms with Gasteiger partial charge in [0.1, 0.15) is 18.1 Å². The van der Waals surface area contributed by atoms with E-state index in [1.54, 1.807) is 4.90 Å². The molecule has 0 radical (unpaired) electrons. The number of fused-ring (bicyclic) bond motifs is 2. The number of nitrogens with zero attached hydrogens (tertiary/aromatic N) is 3. The number of carbonyl (C=O) groups is 4. The van der Waals surface area contributed by atoms with Crippen LogP contribution >= 0.6 is 0 Å². The zero-order valence-corrected chi connectivity index (χ0v) is 28.4. The first-order chi connectivity index (χ1) is 23.0. The van der Waals surface area contributed by atoms with Crippen LogP contribution in [0.5, 0.6) is 0 Å². The SMILES string of the molecule is CC(C)C[C@H](NC(=O)N1CCCCCC1)C(=O)N[C@H](Cc1cn(C)c2ccccc12)C(=O)N[C@H](Cc1cn(C)c2ccccc12)C(=O)O. The predicted molar refractivity (Wildman–Crippen MR) is 187 cm³/mol. The van der Waals surface area contributed by atoms with E-state index in [1.807, 2.05) is 98.0 Å². The fourth-order valence-corrected chi connectivity index (χ4v) is 6.79. The van der Waals surface area contributed by atoms with Gasteiger partial charge >= 0.3 is 12.0 Å². The molecular weight excluding hydrogens is 608 g/mol. The Bertz CT molecular complexity index is 1770. The number of urea groups is 1. The van der Waals surface area contributed by atoms with Crippen molar-refractivity contribution in [3.63, 3.8) is 0 Å². The van der Waals surface area contributed by atoms with Gasteiger partial charge in [0.05, 0.1) is 0 Å². The molecule has 5 rings (SSSR count). The number of aromatic nitrogens is 2. The number of carboxylic acid groups (broad SMARTS) is 1. The van der Waals surface area contributed by atoms with Crippen molar-refractivity contribution in [3.05, 3.63) is 72.1 Å². The predicted octanol–water partition coefficient (Wildman–Crippen LogP) is 4.51. The number of amides is 4. The molecule has 256 valence electrons. The fourth-order valence-electron chi connectivity index (χ4n) is 6.79. The summed E-state index contributed by atoms with van der Waals surface area (Å²) in [6.45, 7) is 5.23. The lowest BCUT2D eigenvalue weighted by molar-refractivity contribution is -0.142. The first-order valence-corrected chi connectivity index (χ1v) is 17.0. The van der Waals surface area contributed by atoms with Gasteiger partial charge in [0.25, 0.3) is 0 Å². The molecule has 1 aliphatic rings. The number of benzene rings is 2. The average molecular weight is 657 g/mol. The molecule has 0 aliphatic carbocycles. The topological polar surface area (TPSA) is 138 Å². The summed E-state index contributed by atoms with van der Waals surface area (Å²) in [4.78, 5) is 55.6. The Hall–Kier alpha value is -4.80. The van der Waals surface area contributed by atoms with Crippen molar-refractivity contribution in [3.8, 4) is 0 Å². The minimum Gasteiger partial charge on any atom is -0.480 e. The van der Waals surface area contributed by atoms with E-state index in [-0.39, 0.29) is 24.8 Å². The van der Waals surface area contributed by atoms with Crippen LogP contribution in [0.15, 0.2) is 60.9 Å². The van der Waals surface area contributed by atoms with Gasteiger partial charge < -0.3 is 35.1 Å². The number of rotatable bonds is 12. The van der Waals surface area contributed by atoms with E-state index in [1.165, 1.54) is 0 Å². The molecule has 11 heteroatoms. The number of para-hydroxylation sites is 2. The summed E-state index contributed by atoms with van der Waals surface area (Å²) in [7, 11) is 3.82. The summed E-state index contributed by atoms with van der Waals surface area (Å²) < 4.78 is 3.90. The number of likely N-dealkylation sites (tertiary alicyclic amines) is 1. The van der Waals surface area contributed by atoms with E-state index in [0.29, 0.717) is 19.5 Å². The van der Waals surface area contributed by atoms with E-state index < -0.39 is 35.9 Å². The van der Waals surface area contributed by atoms with Crippen molar-refractivity contribution in [2.45, 2.75) is 76.9 Å². The molecule has 4 N–H and O–H groups in total. The lowest BCUT2D eigenvalue weighted by Gasteiger charge is -2.28. The smallest absolute Gasteiger partial charge is 0.326 e. The van der Waals surface area contributed by atoms with Crippen molar-refractivity contribution in [1.82, 2.24) is 30.0 Å². The molecule has 1 aliphatic heterocycles. The van der Waals surface area contributed by atoms with Gasteiger partial charge in [-0.2, -0.15) is 0 Å². The van der Waals surface area contributed by atoms with Gasteiger partial charge in [0.2, 0.25) is 11.8 Å². The first kappa shape index (κ1) is 34.5. The highest BCUT2D eigenvalue weighted by molar-refractivity contribution is 5.94. The zero-order chi connectivity index (χ0) is 34.4. The molecule has 1 saturated heterocycles. The van der Waals surface area contributed by atoms with Gasteiger partial charge in [-0.3, -0.25) is 9.59 Å². The quantitative estimate of drug-likeness (QED) is 0.178. The molecule has 11 nitrogen and oxygen atoms in total. The van der Waals surface area contributed by atoms with Crippen molar-refractivity contribution >= 4 is 45.6 Å². The number of aryl methyl sites for hydroxylation is 2. The highest BCUT2D eigenvalue weighted by Crippen LogP contribution is 2.24. The highest BCUT2D eigenvalue weighted by Gasteiger charge is 2.32. The summed E-state index contributed by atoms with van der Waals surface area (Å²) in [6.07, 6.45) is 8.38. The second-order valence-corrected chi connectivity index (χ2v) is 13.5. The Balaban J connectivity index is 1.40. The van der Waals surface area contributed by atoms with Crippen LogP contribution in [0.4, 0.5) is 4.79 Å². The highest BCUT2D eigenvalue weighted by atomic mass is 16.4. The third-order valence-corrected chi connectivity index (χ3v) is 9.27. The Kier molecular flexibility index (Phi) is 11.1. The normalized spacial score (nSPS) is 15.6. The van der Waals surface area contributed by atoms with Gasteiger partial charge in [-0.05, 0) is 48.4 Å². The molecule has 3 atom stereocenters. The monoisotopic (exact) mass is 656 g/mol. The Labute approximate surface area is 281 Å². The number of carboxylic acids is 1. The third kappa shape index (κ3) is 8.18. The van der Waals surface area contributed by atoms with Crippen LogP contribution in [0.3, 0.4) is 0 Å². The van der Waals surface area contributed by atoms with Crippen LogP contribution in [0.1, 0.15) is 57.1 Å². The van der Waals surface area contributed by atoms with Crippen LogP contribution in [0, 0.1) is 5.92 Å². The van der Waals surface area contributed by atoms with Crippen LogP contribution in [0.25, 0.3) is 21.8 Å². The zero-order valence-electron chi connectivity index (χ0n) is 28.4. The molecule has 2 aromatic carbocycles. The maximum Gasteiger partial charge on any atom is 0.326 e. The van der Waals surface area contributed by atoms with Crippen LogP contribution in [-0.2, 0) is 41.3 Å². The number of nitrogens with one attached hydrogen (secondary N) is 3.